The molecule has 16 heavy (non-hydrogen) atoms. The third kappa shape index (κ3) is 3.86. The van der Waals surface area contributed by atoms with Gasteiger partial charge in [0.2, 0.25) is 0 Å². The number of ether oxygens (including phenoxy) is 1. The van der Waals surface area contributed by atoms with Crippen molar-refractivity contribution in [3.63, 3.8) is 0 Å². The molecule has 0 saturated carbocycles. The van der Waals surface area contributed by atoms with Gasteiger partial charge in [-0.1, -0.05) is 31.0 Å². The van der Waals surface area contributed by atoms with Crippen molar-refractivity contribution in [3.05, 3.63) is 29.3 Å². The Morgan fingerprint density at radius 1 is 1.38 bits per heavy atom. The fourth-order valence-corrected chi connectivity index (χ4v) is 1.64. The van der Waals surface area contributed by atoms with Gasteiger partial charge in [-0.05, 0) is 38.3 Å². The Bertz CT molecular complexity index is 321. The average Bonchev–Trinajstić information content (AvgIpc) is 2.29. The minimum Gasteiger partial charge on any atom is -0.488 e. The molecule has 0 aromatic heterocycles. The first kappa shape index (κ1) is 13.0. The fraction of sp³-hybridized carbons (Fsp3) is 0.571. The molecule has 1 atom stereocenters. The maximum atomic E-state index is 8.99. The first-order valence-electron chi connectivity index (χ1n) is 6.04. The molecular formula is C14H22O2. The van der Waals surface area contributed by atoms with Crippen LogP contribution in [0.3, 0.4) is 0 Å². The number of rotatable bonds is 6. The maximum Gasteiger partial charge on any atom is 0.123 e. The largest absolute Gasteiger partial charge is 0.488 e. The highest BCUT2D eigenvalue weighted by atomic mass is 16.5. The van der Waals surface area contributed by atoms with E-state index in [2.05, 4.69) is 26.0 Å². The first-order chi connectivity index (χ1) is 7.67. The second-order valence-corrected chi connectivity index (χ2v) is 4.33. The lowest BCUT2D eigenvalue weighted by molar-refractivity contribution is 0.128. The normalized spacial score (nSPS) is 12.5. The molecule has 0 aliphatic rings. The van der Waals surface area contributed by atoms with E-state index in [1.165, 1.54) is 24.0 Å². The lowest BCUT2D eigenvalue weighted by Crippen LogP contribution is -2.17. The first-order valence-corrected chi connectivity index (χ1v) is 6.04. The summed E-state index contributed by atoms with van der Waals surface area (Å²) in [6.07, 6.45) is 3.27. The molecule has 0 spiro atoms. The van der Waals surface area contributed by atoms with E-state index < -0.39 is 0 Å². The molecule has 0 heterocycles. The van der Waals surface area contributed by atoms with E-state index in [1.54, 1.807) is 0 Å². The van der Waals surface area contributed by atoms with Crippen LogP contribution in [0.4, 0.5) is 0 Å². The molecular weight excluding hydrogens is 200 g/mol. The molecule has 0 saturated heterocycles. The predicted molar refractivity (Wildman–Crippen MR) is 67.0 cm³/mol. The van der Waals surface area contributed by atoms with Crippen LogP contribution in [-0.4, -0.2) is 17.8 Å². The molecule has 0 amide bonds. The van der Waals surface area contributed by atoms with Crippen LogP contribution in [0.15, 0.2) is 18.2 Å². The fourth-order valence-electron chi connectivity index (χ4n) is 1.64. The van der Waals surface area contributed by atoms with Crippen molar-refractivity contribution in [2.24, 2.45) is 0 Å². The van der Waals surface area contributed by atoms with Crippen molar-refractivity contribution in [2.75, 3.05) is 6.61 Å². The molecule has 2 heteroatoms. The summed E-state index contributed by atoms with van der Waals surface area (Å²) in [7, 11) is 0. The third-order valence-electron chi connectivity index (χ3n) is 2.60. The quantitative estimate of drug-likeness (QED) is 0.801. The third-order valence-corrected chi connectivity index (χ3v) is 2.60. The highest BCUT2D eigenvalue weighted by molar-refractivity contribution is 5.37. The molecule has 1 aromatic carbocycles. The molecule has 1 aromatic rings. The van der Waals surface area contributed by atoms with Crippen molar-refractivity contribution < 1.29 is 9.84 Å². The van der Waals surface area contributed by atoms with E-state index in [0.717, 1.165) is 12.2 Å². The van der Waals surface area contributed by atoms with Gasteiger partial charge in [-0.3, -0.25) is 0 Å². The predicted octanol–water partition coefficient (Wildman–Crippen LogP) is 3.10. The Hall–Kier alpha value is -1.02. The maximum absolute atomic E-state index is 8.99. The van der Waals surface area contributed by atoms with Crippen molar-refractivity contribution in [1.82, 2.24) is 0 Å². The van der Waals surface area contributed by atoms with Crippen LogP contribution < -0.4 is 4.74 Å². The molecule has 0 fully saturated rings. The van der Waals surface area contributed by atoms with Crippen LogP contribution in [0, 0.1) is 6.92 Å². The Kier molecular flexibility index (Phi) is 5.33. The lowest BCUT2D eigenvalue weighted by Gasteiger charge is -2.16. The second-order valence-electron chi connectivity index (χ2n) is 4.33. The zero-order valence-electron chi connectivity index (χ0n) is 10.5. The van der Waals surface area contributed by atoms with Gasteiger partial charge in [0.1, 0.15) is 11.9 Å². The van der Waals surface area contributed by atoms with Gasteiger partial charge in [0.25, 0.3) is 0 Å². The molecule has 2 nitrogen and oxygen atoms in total. The van der Waals surface area contributed by atoms with E-state index in [9.17, 15) is 0 Å². The van der Waals surface area contributed by atoms with Crippen molar-refractivity contribution in [1.29, 1.82) is 0 Å². The number of hydrogen-bond donors (Lipinski definition) is 1. The van der Waals surface area contributed by atoms with Crippen LogP contribution in [0.25, 0.3) is 0 Å². The van der Waals surface area contributed by atoms with E-state index in [-0.39, 0.29) is 12.7 Å². The van der Waals surface area contributed by atoms with E-state index in [4.69, 9.17) is 9.84 Å². The summed E-state index contributed by atoms with van der Waals surface area (Å²) in [5, 5.41) is 8.99. The molecule has 0 aliphatic heterocycles. The topological polar surface area (TPSA) is 29.5 Å². The van der Waals surface area contributed by atoms with Crippen LogP contribution in [0.5, 0.6) is 5.75 Å². The van der Waals surface area contributed by atoms with Crippen LogP contribution in [0.1, 0.15) is 37.8 Å². The van der Waals surface area contributed by atoms with Gasteiger partial charge in [0.15, 0.2) is 0 Å². The smallest absolute Gasteiger partial charge is 0.123 e. The van der Waals surface area contributed by atoms with Crippen molar-refractivity contribution >= 4 is 0 Å². The summed E-state index contributed by atoms with van der Waals surface area (Å²) in [5.41, 5.74) is 2.51. The Labute approximate surface area is 98.3 Å². The van der Waals surface area contributed by atoms with Crippen LogP contribution in [-0.2, 0) is 6.42 Å². The monoisotopic (exact) mass is 222 g/mol. The summed E-state index contributed by atoms with van der Waals surface area (Å²) in [4.78, 5) is 0. The molecule has 0 unspecified atom stereocenters. The summed E-state index contributed by atoms with van der Waals surface area (Å²) < 4.78 is 5.70. The zero-order valence-corrected chi connectivity index (χ0v) is 10.5. The average molecular weight is 222 g/mol. The molecule has 1 N–H and O–H groups in total. The van der Waals surface area contributed by atoms with Gasteiger partial charge >= 0.3 is 0 Å². The molecule has 0 radical (unpaired) electrons. The number of unbranched alkanes of at least 4 members (excludes halogenated alkanes) is 1. The summed E-state index contributed by atoms with van der Waals surface area (Å²) in [5.74, 6) is 0.917. The highest BCUT2D eigenvalue weighted by Gasteiger charge is 2.07. The molecule has 0 aliphatic carbocycles. The van der Waals surface area contributed by atoms with Gasteiger partial charge in [-0.2, -0.15) is 0 Å². The van der Waals surface area contributed by atoms with Gasteiger partial charge in [-0.15, -0.1) is 0 Å². The van der Waals surface area contributed by atoms with Crippen LogP contribution in [0.2, 0.25) is 0 Å². The summed E-state index contributed by atoms with van der Waals surface area (Å²) >= 11 is 0. The zero-order chi connectivity index (χ0) is 12.0. The molecule has 1 rings (SSSR count). The number of aliphatic hydroxyl groups excluding tert-OH is 1. The van der Waals surface area contributed by atoms with Gasteiger partial charge in [0, 0.05) is 0 Å². The minimum absolute atomic E-state index is 0.0566. The SMILES string of the molecule is CCCCc1cc(C)ccc1O[C@H](C)CO. The molecule has 90 valence electrons. The number of aliphatic hydroxyl groups is 1. The van der Waals surface area contributed by atoms with E-state index in [1.807, 2.05) is 13.0 Å². The lowest BCUT2D eigenvalue weighted by atomic mass is 10.0. The van der Waals surface area contributed by atoms with Crippen molar-refractivity contribution in [2.45, 2.75) is 46.1 Å². The number of aryl methyl sites for hydroxylation is 2. The van der Waals surface area contributed by atoms with E-state index >= 15 is 0 Å². The van der Waals surface area contributed by atoms with E-state index in [0.29, 0.717) is 0 Å². The number of hydrogen-bond acceptors (Lipinski definition) is 2. The van der Waals surface area contributed by atoms with Crippen LogP contribution >= 0.6 is 0 Å². The molecule has 0 bridgehead atoms. The van der Waals surface area contributed by atoms with Crippen molar-refractivity contribution in [3.8, 4) is 5.75 Å². The Morgan fingerprint density at radius 2 is 2.12 bits per heavy atom. The Morgan fingerprint density at radius 3 is 2.75 bits per heavy atom. The van der Waals surface area contributed by atoms with Gasteiger partial charge in [-0.25, -0.2) is 0 Å². The summed E-state index contributed by atoms with van der Waals surface area (Å²) in [6.45, 7) is 6.21. The van der Waals surface area contributed by atoms with Gasteiger partial charge in [0.05, 0.1) is 6.61 Å². The minimum atomic E-state index is -0.136. The standard InChI is InChI=1S/C14H22O2/c1-4-5-6-13-9-11(2)7-8-14(13)16-12(3)10-15/h7-9,12,15H,4-6,10H2,1-3H3/t12-/m1/s1. The van der Waals surface area contributed by atoms with Gasteiger partial charge < -0.3 is 9.84 Å². The Balaban J connectivity index is 2.80. The summed E-state index contributed by atoms with van der Waals surface area (Å²) in [6, 6.07) is 6.23. The highest BCUT2D eigenvalue weighted by Crippen LogP contribution is 2.23. The number of benzene rings is 1. The second kappa shape index (κ2) is 6.54.